The minimum atomic E-state index is -0.371. The van der Waals surface area contributed by atoms with E-state index in [0.717, 1.165) is 37.7 Å². The summed E-state index contributed by atoms with van der Waals surface area (Å²) in [5.74, 6) is 1.51. The van der Waals surface area contributed by atoms with Crippen molar-refractivity contribution in [3.05, 3.63) is 72.4 Å². The van der Waals surface area contributed by atoms with Crippen LogP contribution < -0.4 is 20.9 Å². The Morgan fingerprint density at radius 2 is 1.86 bits per heavy atom. The first kappa shape index (κ1) is 24.3. The number of nitrogens with one attached hydrogen (secondary N) is 4. The summed E-state index contributed by atoms with van der Waals surface area (Å²) in [7, 11) is 0. The van der Waals surface area contributed by atoms with E-state index < -0.39 is 0 Å². The fraction of sp³-hybridized carbons (Fsp3) is 0.308. The number of halogens is 1. The first-order valence-electron chi connectivity index (χ1n) is 11.7. The molecule has 35 heavy (non-hydrogen) atoms. The standard InChI is InChI=1S/C26H32FN7O/c1-18(2)17-34-25(24(16-28)32-26(34)31-23-7-5-4-6-22(23)27)30-19(3)29-20-8-10-21(11-9-20)33-12-14-35-15-13-33/h4-11,16,18,28-30H,3,12-15,17H2,1-2H3,(H,31,32). The van der Waals surface area contributed by atoms with Gasteiger partial charge in [0.25, 0.3) is 0 Å². The molecule has 4 rings (SSSR count). The molecule has 9 heteroatoms. The van der Waals surface area contributed by atoms with Gasteiger partial charge in [0.2, 0.25) is 5.95 Å². The molecule has 184 valence electrons. The highest BCUT2D eigenvalue weighted by Gasteiger charge is 2.19. The highest BCUT2D eigenvalue weighted by Crippen LogP contribution is 2.27. The van der Waals surface area contributed by atoms with Crippen molar-refractivity contribution in [2.45, 2.75) is 20.4 Å². The van der Waals surface area contributed by atoms with Crippen LogP contribution in [0.5, 0.6) is 0 Å². The van der Waals surface area contributed by atoms with Gasteiger partial charge in [-0.3, -0.25) is 4.57 Å². The normalized spacial score (nSPS) is 13.5. The first-order valence-corrected chi connectivity index (χ1v) is 11.7. The van der Waals surface area contributed by atoms with E-state index in [4.69, 9.17) is 10.1 Å². The topological polar surface area (TPSA) is 90.2 Å². The van der Waals surface area contributed by atoms with E-state index in [1.54, 1.807) is 18.2 Å². The number of nitrogens with zero attached hydrogens (tertiary/aromatic N) is 3. The summed E-state index contributed by atoms with van der Waals surface area (Å²) in [5.41, 5.74) is 2.79. The minimum Gasteiger partial charge on any atom is -0.378 e. The third kappa shape index (κ3) is 5.99. The predicted molar refractivity (Wildman–Crippen MR) is 140 cm³/mol. The molecule has 3 aromatic rings. The summed E-state index contributed by atoms with van der Waals surface area (Å²) >= 11 is 0. The number of anilines is 5. The molecule has 0 aliphatic carbocycles. The van der Waals surface area contributed by atoms with Gasteiger partial charge in [0.1, 0.15) is 23.1 Å². The van der Waals surface area contributed by atoms with E-state index in [2.05, 4.69) is 58.4 Å². The summed E-state index contributed by atoms with van der Waals surface area (Å²) in [6.45, 7) is 12.2. The Kier molecular flexibility index (Phi) is 7.67. The van der Waals surface area contributed by atoms with Crippen molar-refractivity contribution in [2.75, 3.05) is 47.2 Å². The Balaban J connectivity index is 1.52. The minimum absolute atomic E-state index is 0.290. The molecule has 2 heterocycles. The van der Waals surface area contributed by atoms with Crippen molar-refractivity contribution in [3.8, 4) is 0 Å². The maximum atomic E-state index is 14.3. The molecule has 8 nitrogen and oxygen atoms in total. The molecule has 1 aromatic heterocycles. The van der Waals surface area contributed by atoms with E-state index >= 15 is 0 Å². The zero-order valence-corrected chi connectivity index (χ0v) is 20.1. The summed E-state index contributed by atoms with van der Waals surface area (Å²) < 4.78 is 21.6. The monoisotopic (exact) mass is 477 g/mol. The Morgan fingerprint density at radius 1 is 1.14 bits per heavy atom. The van der Waals surface area contributed by atoms with Crippen LogP contribution in [-0.4, -0.2) is 42.1 Å². The molecule has 0 bridgehead atoms. The van der Waals surface area contributed by atoms with Crippen LogP contribution in [0.25, 0.3) is 0 Å². The lowest BCUT2D eigenvalue weighted by Crippen LogP contribution is -2.36. The van der Waals surface area contributed by atoms with Crippen LogP contribution in [0.4, 0.5) is 33.2 Å². The second-order valence-electron chi connectivity index (χ2n) is 8.80. The molecule has 4 N–H and O–H groups in total. The van der Waals surface area contributed by atoms with E-state index in [0.29, 0.717) is 41.4 Å². The molecule has 0 amide bonds. The lowest BCUT2D eigenvalue weighted by molar-refractivity contribution is 0.122. The number of hydrogen-bond acceptors (Lipinski definition) is 7. The Labute approximate surface area is 205 Å². The average Bonchev–Trinajstić information content (AvgIpc) is 3.16. The van der Waals surface area contributed by atoms with Gasteiger partial charge in [-0.1, -0.05) is 32.6 Å². The van der Waals surface area contributed by atoms with Crippen molar-refractivity contribution in [1.82, 2.24) is 9.55 Å². The molecule has 0 spiro atoms. The van der Waals surface area contributed by atoms with E-state index in [1.807, 2.05) is 16.7 Å². The second kappa shape index (κ2) is 11.1. The third-order valence-electron chi connectivity index (χ3n) is 5.61. The fourth-order valence-corrected chi connectivity index (χ4v) is 3.95. The maximum absolute atomic E-state index is 14.3. The highest BCUT2D eigenvalue weighted by atomic mass is 19.1. The molecule has 0 saturated carbocycles. The molecule has 1 aliphatic rings. The molecule has 0 radical (unpaired) electrons. The molecule has 1 saturated heterocycles. The predicted octanol–water partition coefficient (Wildman–Crippen LogP) is 5.25. The van der Waals surface area contributed by atoms with E-state index in [-0.39, 0.29) is 5.82 Å². The molecular weight excluding hydrogens is 445 g/mol. The van der Waals surface area contributed by atoms with Crippen LogP contribution in [0.2, 0.25) is 0 Å². The summed E-state index contributed by atoms with van der Waals surface area (Å²) in [6, 6.07) is 14.6. The largest absolute Gasteiger partial charge is 0.378 e. The Hall–Kier alpha value is -3.85. The fourth-order valence-electron chi connectivity index (χ4n) is 3.95. The third-order valence-corrected chi connectivity index (χ3v) is 5.61. The lowest BCUT2D eigenvalue weighted by atomic mass is 10.2. The van der Waals surface area contributed by atoms with Crippen LogP contribution in [0.15, 0.2) is 60.9 Å². The van der Waals surface area contributed by atoms with Gasteiger partial charge in [-0.15, -0.1) is 0 Å². The number of morpholine rings is 1. The molecular formula is C26H32FN7O. The number of ether oxygens (including phenoxy) is 1. The van der Waals surface area contributed by atoms with Crippen molar-refractivity contribution in [3.63, 3.8) is 0 Å². The van der Waals surface area contributed by atoms with Gasteiger partial charge < -0.3 is 31.0 Å². The van der Waals surface area contributed by atoms with Crippen molar-refractivity contribution in [1.29, 1.82) is 5.41 Å². The number of aromatic nitrogens is 2. The first-order chi connectivity index (χ1) is 16.9. The number of hydrogen-bond donors (Lipinski definition) is 4. The van der Waals surface area contributed by atoms with Gasteiger partial charge in [0.05, 0.1) is 18.9 Å². The lowest BCUT2D eigenvalue weighted by Gasteiger charge is -2.29. The van der Waals surface area contributed by atoms with Gasteiger partial charge in [-0.2, -0.15) is 0 Å². The Bertz CT molecular complexity index is 1170. The SMILES string of the molecule is C=C(Nc1ccc(N2CCOCC2)cc1)Nc1c(C=N)nc(Nc2ccccc2F)n1CC(C)C. The Morgan fingerprint density at radius 3 is 2.51 bits per heavy atom. The molecule has 0 unspecified atom stereocenters. The molecule has 0 atom stereocenters. The number of imidazole rings is 1. The van der Waals surface area contributed by atoms with Crippen LogP contribution in [0, 0.1) is 17.1 Å². The van der Waals surface area contributed by atoms with Gasteiger partial charge in [-0.25, -0.2) is 9.37 Å². The second-order valence-corrected chi connectivity index (χ2v) is 8.80. The van der Waals surface area contributed by atoms with Crippen molar-refractivity contribution >= 4 is 35.0 Å². The highest BCUT2D eigenvalue weighted by molar-refractivity contribution is 5.84. The quantitative estimate of drug-likeness (QED) is 0.298. The smallest absolute Gasteiger partial charge is 0.209 e. The van der Waals surface area contributed by atoms with Crippen molar-refractivity contribution in [2.24, 2.45) is 5.92 Å². The molecule has 2 aromatic carbocycles. The maximum Gasteiger partial charge on any atom is 0.209 e. The summed E-state index contributed by atoms with van der Waals surface area (Å²) in [5, 5.41) is 17.5. The zero-order valence-electron chi connectivity index (χ0n) is 20.1. The van der Waals surface area contributed by atoms with Crippen LogP contribution in [0.3, 0.4) is 0 Å². The van der Waals surface area contributed by atoms with Crippen LogP contribution in [-0.2, 0) is 11.3 Å². The van der Waals surface area contributed by atoms with Gasteiger partial charge in [-0.05, 0) is 42.3 Å². The van der Waals surface area contributed by atoms with E-state index in [1.165, 1.54) is 12.3 Å². The molecule has 1 aliphatic heterocycles. The van der Waals surface area contributed by atoms with E-state index in [9.17, 15) is 4.39 Å². The van der Waals surface area contributed by atoms with Gasteiger partial charge >= 0.3 is 0 Å². The average molecular weight is 478 g/mol. The number of rotatable bonds is 10. The van der Waals surface area contributed by atoms with Crippen LogP contribution in [0.1, 0.15) is 19.5 Å². The van der Waals surface area contributed by atoms with Crippen LogP contribution >= 0.6 is 0 Å². The number of benzene rings is 2. The molecule has 1 fully saturated rings. The summed E-state index contributed by atoms with van der Waals surface area (Å²) in [4.78, 5) is 6.83. The zero-order chi connectivity index (χ0) is 24.8. The van der Waals surface area contributed by atoms with Gasteiger partial charge in [0.15, 0.2) is 0 Å². The van der Waals surface area contributed by atoms with Gasteiger partial charge in [0, 0.05) is 37.2 Å². The number of para-hydroxylation sites is 1. The summed E-state index contributed by atoms with van der Waals surface area (Å²) in [6.07, 6.45) is 1.18. The van der Waals surface area contributed by atoms with Crippen molar-refractivity contribution < 1.29 is 9.13 Å².